The average Bonchev–Trinajstić information content (AvgIpc) is 2.71. The minimum absolute atomic E-state index is 0.155. The van der Waals surface area contributed by atoms with Crippen molar-refractivity contribution in [1.29, 1.82) is 0 Å². The molecule has 0 fully saturated rings. The van der Waals surface area contributed by atoms with Crippen molar-refractivity contribution in [2.24, 2.45) is 7.05 Å². The van der Waals surface area contributed by atoms with Gasteiger partial charge in [0.15, 0.2) is 0 Å². The highest BCUT2D eigenvalue weighted by atomic mass is 19.1. The van der Waals surface area contributed by atoms with Crippen LogP contribution in [0.4, 0.5) is 4.39 Å². The summed E-state index contributed by atoms with van der Waals surface area (Å²) in [6.07, 6.45) is 0. The molecule has 0 amide bonds. The van der Waals surface area contributed by atoms with Crippen LogP contribution >= 0.6 is 0 Å². The minimum atomic E-state index is -0.155. The molecule has 0 spiro atoms. The van der Waals surface area contributed by atoms with Crippen LogP contribution in [0.15, 0.2) is 48.5 Å². The van der Waals surface area contributed by atoms with E-state index in [1.54, 1.807) is 6.92 Å². The summed E-state index contributed by atoms with van der Waals surface area (Å²) in [6, 6.07) is 15.6. The van der Waals surface area contributed by atoms with E-state index < -0.39 is 0 Å². The Hall–Kier alpha value is -2.09. The van der Waals surface area contributed by atoms with Gasteiger partial charge < -0.3 is 4.57 Å². The van der Waals surface area contributed by atoms with E-state index in [0.717, 1.165) is 11.3 Å². The molecule has 0 unspecified atom stereocenters. The molecule has 1 aromatic heterocycles. The first-order valence-electron chi connectivity index (χ1n) is 5.98. The van der Waals surface area contributed by atoms with E-state index in [1.165, 1.54) is 17.0 Å². The molecule has 0 aliphatic carbocycles. The van der Waals surface area contributed by atoms with E-state index in [4.69, 9.17) is 0 Å². The molecule has 1 heterocycles. The molecule has 0 aliphatic heterocycles. The van der Waals surface area contributed by atoms with Crippen molar-refractivity contribution >= 4 is 10.9 Å². The van der Waals surface area contributed by atoms with Crippen LogP contribution in [-0.2, 0) is 7.05 Å². The zero-order chi connectivity index (χ0) is 12.7. The summed E-state index contributed by atoms with van der Waals surface area (Å²) in [5.74, 6) is -0.155. The Labute approximate surface area is 105 Å². The average molecular weight is 239 g/mol. The maximum absolute atomic E-state index is 13.3. The first kappa shape index (κ1) is 11.0. The topological polar surface area (TPSA) is 4.93 Å². The number of para-hydroxylation sites is 1. The Bertz CT molecular complexity index is 725. The molecule has 0 N–H and O–H groups in total. The van der Waals surface area contributed by atoms with Gasteiger partial charge in [-0.05, 0) is 48.4 Å². The molecule has 0 atom stereocenters. The Morgan fingerprint density at radius 2 is 1.78 bits per heavy atom. The number of rotatable bonds is 1. The lowest BCUT2D eigenvalue weighted by molar-refractivity contribution is 0.618. The highest BCUT2D eigenvalue weighted by molar-refractivity contribution is 5.86. The fourth-order valence-corrected chi connectivity index (χ4v) is 2.37. The first-order valence-corrected chi connectivity index (χ1v) is 5.98. The summed E-state index contributed by atoms with van der Waals surface area (Å²) in [7, 11) is 2.04. The summed E-state index contributed by atoms with van der Waals surface area (Å²) in [6.45, 7) is 1.79. The molecular weight excluding hydrogens is 225 g/mol. The molecule has 2 heteroatoms. The molecule has 18 heavy (non-hydrogen) atoms. The third-order valence-corrected chi connectivity index (χ3v) is 3.41. The van der Waals surface area contributed by atoms with Crippen LogP contribution in [0.5, 0.6) is 0 Å². The summed E-state index contributed by atoms with van der Waals surface area (Å²) < 4.78 is 15.5. The summed E-state index contributed by atoms with van der Waals surface area (Å²) in [4.78, 5) is 0. The molecule has 0 aliphatic rings. The normalized spacial score (nSPS) is 11.1. The van der Waals surface area contributed by atoms with Gasteiger partial charge in [-0.15, -0.1) is 0 Å². The van der Waals surface area contributed by atoms with Gasteiger partial charge in [0, 0.05) is 23.6 Å². The smallest absolute Gasteiger partial charge is 0.126 e. The van der Waals surface area contributed by atoms with Crippen molar-refractivity contribution in [3.05, 3.63) is 59.9 Å². The number of fused-ring (bicyclic) bond motifs is 1. The molecule has 0 saturated carbocycles. The standard InChI is InChI=1S/C16H14FN/c1-11-9-13(7-8-14(11)17)16-10-12-5-3-4-6-15(12)18(16)2/h3-10H,1-2H3. The number of aryl methyl sites for hydroxylation is 2. The molecule has 0 saturated heterocycles. The molecule has 90 valence electrons. The molecular formula is C16H14FN. The van der Waals surface area contributed by atoms with Crippen molar-refractivity contribution in [3.63, 3.8) is 0 Å². The van der Waals surface area contributed by atoms with Crippen LogP contribution in [0.3, 0.4) is 0 Å². The Balaban J connectivity index is 2.25. The van der Waals surface area contributed by atoms with Gasteiger partial charge in [0.25, 0.3) is 0 Å². The summed E-state index contributed by atoms with van der Waals surface area (Å²) in [5, 5.41) is 1.21. The van der Waals surface area contributed by atoms with Gasteiger partial charge in [0.05, 0.1) is 0 Å². The van der Waals surface area contributed by atoms with Crippen LogP contribution in [-0.4, -0.2) is 4.57 Å². The SMILES string of the molecule is Cc1cc(-c2cc3ccccc3n2C)ccc1F. The maximum Gasteiger partial charge on any atom is 0.126 e. The van der Waals surface area contributed by atoms with Gasteiger partial charge in [-0.25, -0.2) is 4.39 Å². The number of aromatic nitrogens is 1. The van der Waals surface area contributed by atoms with Gasteiger partial charge in [-0.1, -0.05) is 18.2 Å². The number of hydrogen-bond donors (Lipinski definition) is 0. The Morgan fingerprint density at radius 3 is 2.50 bits per heavy atom. The predicted octanol–water partition coefficient (Wildman–Crippen LogP) is 4.29. The number of halogens is 1. The van der Waals surface area contributed by atoms with Crippen molar-refractivity contribution in [2.45, 2.75) is 6.92 Å². The molecule has 2 aromatic carbocycles. The van der Waals surface area contributed by atoms with Crippen molar-refractivity contribution in [2.75, 3.05) is 0 Å². The monoisotopic (exact) mass is 239 g/mol. The summed E-state index contributed by atoms with van der Waals surface area (Å²) in [5.41, 5.74) is 4.03. The Morgan fingerprint density at radius 1 is 1.00 bits per heavy atom. The molecule has 0 bridgehead atoms. The van der Waals surface area contributed by atoms with Crippen LogP contribution in [0.2, 0.25) is 0 Å². The van der Waals surface area contributed by atoms with Crippen molar-refractivity contribution in [1.82, 2.24) is 4.57 Å². The first-order chi connectivity index (χ1) is 8.66. The van der Waals surface area contributed by atoms with E-state index in [9.17, 15) is 4.39 Å². The lowest BCUT2D eigenvalue weighted by Crippen LogP contribution is -1.92. The number of nitrogens with zero attached hydrogens (tertiary/aromatic N) is 1. The highest BCUT2D eigenvalue weighted by Gasteiger charge is 2.08. The van der Waals surface area contributed by atoms with Crippen LogP contribution in [0.25, 0.3) is 22.2 Å². The van der Waals surface area contributed by atoms with Crippen LogP contribution in [0.1, 0.15) is 5.56 Å². The fraction of sp³-hybridized carbons (Fsp3) is 0.125. The largest absolute Gasteiger partial charge is 0.344 e. The van der Waals surface area contributed by atoms with E-state index in [0.29, 0.717) is 5.56 Å². The van der Waals surface area contributed by atoms with Gasteiger partial charge in [-0.3, -0.25) is 0 Å². The van der Waals surface area contributed by atoms with Crippen LogP contribution < -0.4 is 0 Å². The predicted molar refractivity (Wildman–Crippen MR) is 73.1 cm³/mol. The second kappa shape index (κ2) is 3.98. The lowest BCUT2D eigenvalue weighted by Gasteiger charge is -2.06. The Kier molecular flexibility index (Phi) is 2.44. The van der Waals surface area contributed by atoms with Gasteiger partial charge >= 0.3 is 0 Å². The van der Waals surface area contributed by atoms with Crippen LogP contribution in [0, 0.1) is 12.7 Å². The summed E-state index contributed by atoms with van der Waals surface area (Å²) >= 11 is 0. The second-order valence-electron chi connectivity index (χ2n) is 4.61. The van der Waals surface area contributed by atoms with Crippen molar-refractivity contribution < 1.29 is 4.39 Å². The highest BCUT2D eigenvalue weighted by Crippen LogP contribution is 2.28. The quantitative estimate of drug-likeness (QED) is 0.597. The molecule has 3 aromatic rings. The number of hydrogen-bond acceptors (Lipinski definition) is 0. The van der Waals surface area contributed by atoms with E-state index >= 15 is 0 Å². The van der Waals surface area contributed by atoms with Gasteiger partial charge in [-0.2, -0.15) is 0 Å². The van der Waals surface area contributed by atoms with E-state index in [1.807, 2.05) is 31.3 Å². The van der Waals surface area contributed by atoms with Gasteiger partial charge in [0.2, 0.25) is 0 Å². The van der Waals surface area contributed by atoms with Crippen molar-refractivity contribution in [3.8, 4) is 11.3 Å². The maximum atomic E-state index is 13.3. The zero-order valence-electron chi connectivity index (χ0n) is 10.4. The lowest BCUT2D eigenvalue weighted by atomic mass is 10.1. The fourth-order valence-electron chi connectivity index (χ4n) is 2.37. The van der Waals surface area contributed by atoms with E-state index in [-0.39, 0.29) is 5.82 Å². The van der Waals surface area contributed by atoms with Gasteiger partial charge in [0.1, 0.15) is 5.82 Å². The minimum Gasteiger partial charge on any atom is -0.344 e. The second-order valence-corrected chi connectivity index (χ2v) is 4.61. The molecule has 1 nitrogen and oxygen atoms in total. The third kappa shape index (κ3) is 1.61. The zero-order valence-corrected chi connectivity index (χ0v) is 10.4. The number of benzene rings is 2. The molecule has 3 rings (SSSR count). The molecule has 0 radical (unpaired) electrons. The third-order valence-electron chi connectivity index (χ3n) is 3.41. The van der Waals surface area contributed by atoms with E-state index in [2.05, 4.69) is 22.8 Å².